The highest BCUT2D eigenvalue weighted by Crippen LogP contribution is 2.34. The normalized spacial score (nSPS) is 24.7. The molecule has 1 spiro atoms. The van der Waals surface area contributed by atoms with E-state index in [1.807, 2.05) is 34.8 Å². The Morgan fingerprint density at radius 1 is 1.38 bits per heavy atom. The fraction of sp³-hybridized carbons (Fsp3) is 0.611. The summed E-state index contributed by atoms with van der Waals surface area (Å²) in [5.74, 6) is 0.115. The highest BCUT2D eigenvalue weighted by Gasteiger charge is 2.40. The summed E-state index contributed by atoms with van der Waals surface area (Å²) in [4.78, 5) is 17.3. The van der Waals surface area contributed by atoms with E-state index in [1.54, 1.807) is 6.20 Å². The zero-order valence-corrected chi connectivity index (χ0v) is 15.2. The standard InChI is InChI=1S/C18H26N6O2/c1-22-6-2-4-16(22)17(25)24-7-3-5-18(13-24)12-23(8-9-26-14-18)11-15-10-19-21-20-15/h2,4,6,10H,3,5,7-9,11-14H2,1H3,(H,19,20,21). The van der Waals surface area contributed by atoms with Gasteiger partial charge in [-0.05, 0) is 25.0 Å². The first-order valence-corrected chi connectivity index (χ1v) is 9.21. The first-order valence-electron chi connectivity index (χ1n) is 9.21. The Morgan fingerprint density at radius 3 is 3.08 bits per heavy atom. The van der Waals surface area contributed by atoms with E-state index in [-0.39, 0.29) is 11.3 Å². The monoisotopic (exact) mass is 358 g/mol. The minimum absolute atomic E-state index is 0.0146. The van der Waals surface area contributed by atoms with Gasteiger partial charge in [-0.25, -0.2) is 0 Å². The van der Waals surface area contributed by atoms with Gasteiger partial charge in [-0.3, -0.25) is 9.69 Å². The molecule has 8 nitrogen and oxygen atoms in total. The molecule has 0 saturated carbocycles. The predicted octanol–water partition coefficient (Wildman–Crippen LogP) is 0.898. The molecule has 26 heavy (non-hydrogen) atoms. The number of hydrogen-bond donors (Lipinski definition) is 1. The molecule has 4 rings (SSSR count). The van der Waals surface area contributed by atoms with Crippen LogP contribution in [0.5, 0.6) is 0 Å². The number of carbonyl (C=O) groups is 1. The molecule has 2 saturated heterocycles. The number of aromatic amines is 1. The third kappa shape index (κ3) is 3.52. The van der Waals surface area contributed by atoms with E-state index in [1.165, 1.54) is 0 Å². The van der Waals surface area contributed by atoms with Gasteiger partial charge in [0, 0.05) is 51.4 Å². The summed E-state index contributed by atoms with van der Waals surface area (Å²) in [6, 6.07) is 3.81. The number of ether oxygens (including phenoxy) is 1. The maximum Gasteiger partial charge on any atom is 0.270 e. The number of carbonyl (C=O) groups excluding carboxylic acids is 1. The molecule has 140 valence electrons. The number of rotatable bonds is 3. The molecule has 0 bridgehead atoms. The molecule has 0 aliphatic carbocycles. The maximum atomic E-state index is 13.0. The number of hydrogen-bond acceptors (Lipinski definition) is 5. The molecule has 0 radical (unpaired) electrons. The van der Waals surface area contributed by atoms with Gasteiger partial charge in [0.2, 0.25) is 0 Å². The van der Waals surface area contributed by atoms with Gasteiger partial charge in [0.05, 0.1) is 25.1 Å². The van der Waals surface area contributed by atoms with Crippen LogP contribution in [0.25, 0.3) is 0 Å². The molecule has 2 aliphatic rings. The SMILES string of the molecule is Cn1cccc1C(=O)N1CCCC2(COCCN(Cc3cn[nH]n3)C2)C1. The Balaban J connectivity index is 1.48. The average Bonchev–Trinajstić information content (AvgIpc) is 3.26. The fourth-order valence-corrected chi connectivity index (χ4v) is 4.22. The number of likely N-dealkylation sites (tertiary alicyclic amines) is 1. The molecule has 0 aromatic carbocycles. The van der Waals surface area contributed by atoms with Crippen molar-refractivity contribution in [3.05, 3.63) is 35.9 Å². The summed E-state index contributed by atoms with van der Waals surface area (Å²) in [6.45, 7) is 5.52. The van der Waals surface area contributed by atoms with Gasteiger partial charge in [-0.1, -0.05) is 0 Å². The van der Waals surface area contributed by atoms with E-state index >= 15 is 0 Å². The van der Waals surface area contributed by atoms with Gasteiger partial charge >= 0.3 is 0 Å². The highest BCUT2D eigenvalue weighted by molar-refractivity contribution is 5.92. The van der Waals surface area contributed by atoms with E-state index in [0.29, 0.717) is 13.2 Å². The van der Waals surface area contributed by atoms with Crippen LogP contribution in [0.4, 0.5) is 0 Å². The van der Waals surface area contributed by atoms with Crippen molar-refractivity contribution in [1.82, 2.24) is 29.8 Å². The number of nitrogens with one attached hydrogen (secondary N) is 1. The van der Waals surface area contributed by atoms with Crippen LogP contribution >= 0.6 is 0 Å². The Morgan fingerprint density at radius 2 is 2.31 bits per heavy atom. The zero-order chi connectivity index (χ0) is 18.0. The van der Waals surface area contributed by atoms with Crippen LogP contribution in [0.15, 0.2) is 24.5 Å². The number of aromatic nitrogens is 4. The lowest BCUT2D eigenvalue weighted by molar-refractivity contribution is 0.00653. The number of amides is 1. The van der Waals surface area contributed by atoms with Gasteiger partial charge in [-0.2, -0.15) is 15.4 Å². The average molecular weight is 358 g/mol. The third-order valence-electron chi connectivity index (χ3n) is 5.48. The third-order valence-corrected chi connectivity index (χ3v) is 5.48. The minimum atomic E-state index is -0.0146. The molecule has 1 unspecified atom stereocenters. The molecule has 1 N–H and O–H groups in total. The molecule has 2 aliphatic heterocycles. The number of H-pyrrole nitrogens is 1. The number of aryl methyl sites for hydroxylation is 1. The van der Waals surface area contributed by atoms with Crippen LogP contribution in [0, 0.1) is 5.41 Å². The van der Waals surface area contributed by atoms with Crippen LogP contribution < -0.4 is 0 Å². The summed E-state index contributed by atoms with van der Waals surface area (Å²) in [6.07, 6.45) is 5.78. The van der Waals surface area contributed by atoms with Crippen molar-refractivity contribution in [3.63, 3.8) is 0 Å². The molecule has 4 heterocycles. The molecule has 2 aromatic rings. The van der Waals surface area contributed by atoms with Gasteiger partial charge in [0.1, 0.15) is 5.69 Å². The molecular formula is C18H26N6O2. The summed E-state index contributed by atoms with van der Waals surface area (Å²) < 4.78 is 7.84. The lowest BCUT2D eigenvalue weighted by Crippen LogP contribution is -2.52. The second-order valence-corrected chi connectivity index (χ2v) is 7.56. The van der Waals surface area contributed by atoms with Gasteiger partial charge in [0.25, 0.3) is 5.91 Å². The maximum absolute atomic E-state index is 13.0. The van der Waals surface area contributed by atoms with Crippen molar-refractivity contribution in [1.29, 1.82) is 0 Å². The van der Waals surface area contributed by atoms with E-state index in [0.717, 1.165) is 57.0 Å². The van der Waals surface area contributed by atoms with Gasteiger partial charge in [0.15, 0.2) is 0 Å². The largest absolute Gasteiger partial charge is 0.379 e. The van der Waals surface area contributed by atoms with Crippen molar-refractivity contribution in [2.24, 2.45) is 12.5 Å². The van der Waals surface area contributed by atoms with E-state index in [9.17, 15) is 4.79 Å². The van der Waals surface area contributed by atoms with Crippen molar-refractivity contribution < 1.29 is 9.53 Å². The topological polar surface area (TPSA) is 79.3 Å². The van der Waals surface area contributed by atoms with Crippen LogP contribution in [-0.4, -0.2) is 75.1 Å². The van der Waals surface area contributed by atoms with Gasteiger partial charge in [-0.15, -0.1) is 0 Å². The summed E-state index contributed by atoms with van der Waals surface area (Å²) >= 11 is 0. The van der Waals surface area contributed by atoms with E-state index < -0.39 is 0 Å². The van der Waals surface area contributed by atoms with Crippen LogP contribution in [0.3, 0.4) is 0 Å². The highest BCUT2D eigenvalue weighted by atomic mass is 16.5. The van der Waals surface area contributed by atoms with E-state index in [4.69, 9.17) is 4.74 Å². The fourth-order valence-electron chi connectivity index (χ4n) is 4.22. The van der Waals surface area contributed by atoms with Crippen LogP contribution in [0.1, 0.15) is 29.0 Å². The van der Waals surface area contributed by atoms with Gasteiger partial charge < -0.3 is 14.2 Å². The Labute approximate surface area is 153 Å². The summed E-state index contributed by atoms with van der Waals surface area (Å²) in [5, 5.41) is 10.7. The molecule has 1 amide bonds. The second kappa shape index (κ2) is 7.20. The smallest absolute Gasteiger partial charge is 0.270 e. The zero-order valence-electron chi connectivity index (χ0n) is 15.2. The molecule has 8 heteroatoms. The van der Waals surface area contributed by atoms with Crippen molar-refractivity contribution in [3.8, 4) is 0 Å². The van der Waals surface area contributed by atoms with Crippen molar-refractivity contribution in [2.75, 3.05) is 39.4 Å². The Bertz CT molecular complexity index is 743. The number of piperidine rings is 1. The van der Waals surface area contributed by atoms with Crippen molar-refractivity contribution in [2.45, 2.75) is 19.4 Å². The Hall–Kier alpha value is -2.19. The number of nitrogens with zero attached hydrogens (tertiary/aromatic N) is 5. The lowest BCUT2D eigenvalue weighted by atomic mass is 9.80. The Kier molecular flexibility index (Phi) is 4.78. The molecule has 2 aromatic heterocycles. The first kappa shape index (κ1) is 17.2. The molecule has 2 fully saturated rings. The quantitative estimate of drug-likeness (QED) is 0.882. The predicted molar refractivity (Wildman–Crippen MR) is 95.5 cm³/mol. The molecule has 1 atom stereocenters. The molecular weight excluding hydrogens is 332 g/mol. The second-order valence-electron chi connectivity index (χ2n) is 7.56. The first-order chi connectivity index (χ1) is 12.7. The van der Waals surface area contributed by atoms with Crippen LogP contribution in [0.2, 0.25) is 0 Å². The summed E-state index contributed by atoms with van der Waals surface area (Å²) in [5.41, 5.74) is 1.67. The minimum Gasteiger partial charge on any atom is -0.379 e. The lowest BCUT2D eigenvalue weighted by Gasteiger charge is -2.43. The van der Waals surface area contributed by atoms with Crippen LogP contribution in [-0.2, 0) is 18.3 Å². The van der Waals surface area contributed by atoms with E-state index in [2.05, 4.69) is 20.3 Å². The summed E-state index contributed by atoms with van der Waals surface area (Å²) in [7, 11) is 1.92. The van der Waals surface area contributed by atoms with Crippen molar-refractivity contribution >= 4 is 5.91 Å².